The largest absolute Gasteiger partial charge is 0.394 e. The monoisotopic (exact) mass is 233 g/mol. The number of hydrogen-bond acceptors (Lipinski definition) is 4. The second-order valence-electron chi connectivity index (χ2n) is 3.77. The third-order valence-corrected chi connectivity index (χ3v) is 2.43. The highest BCUT2D eigenvalue weighted by Crippen LogP contribution is 2.20. The molecule has 1 aromatic heterocycles. The average molecular weight is 233 g/mol. The Morgan fingerprint density at radius 2 is 2.24 bits per heavy atom. The molecule has 0 aliphatic heterocycles. The average Bonchev–Trinajstić information content (AvgIpc) is 2.90. The molecule has 5 heteroatoms. The molecule has 1 atom stereocenters. The van der Waals surface area contributed by atoms with Crippen LogP contribution in [0.2, 0.25) is 0 Å². The smallest absolute Gasteiger partial charge is 0.0942 e. The molecule has 0 radical (unpaired) electrons. The second-order valence-corrected chi connectivity index (χ2v) is 3.77. The van der Waals surface area contributed by atoms with E-state index in [1.165, 1.54) is 0 Å². The van der Waals surface area contributed by atoms with Crippen molar-refractivity contribution in [2.24, 2.45) is 0 Å². The molecule has 90 valence electrons. The van der Waals surface area contributed by atoms with Gasteiger partial charge in [-0.05, 0) is 18.2 Å². The van der Waals surface area contributed by atoms with Crippen LogP contribution in [0.15, 0.2) is 36.5 Å². The van der Waals surface area contributed by atoms with Gasteiger partial charge in [0.25, 0.3) is 0 Å². The molecule has 0 bridgehead atoms. The van der Waals surface area contributed by atoms with E-state index >= 15 is 0 Å². The van der Waals surface area contributed by atoms with Crippen molar-refractivity contribution >= 4 is 5.69 Å². The first-order chi connectivity index (χ1) is 8.29. The maximum atomic E-state index is 9.24. The molecule has 1 aromatic carbocycles. The van der Waals surface area contributed by atoms with Crippen molar-refractivity contribution in [1.29, 1.82) is 0 Å². The Hall–Kier alpha value is -1.85. The molecular formula is C12H15N3O2. The predicted molar refractivity (Wildman–Crippen MR) is 65.6 cm³/mol. The summed E-state index contributed by atoms with van der Waals surface area (Å²) in [6, 6.07) is 9.65. The molecule has 0 aliphatic rings. The summed E-state index contributed by atoms with van der Waals surface area (Å²) in [6.07, 6.45) is 0.955. The maximum Gasteiger partial charge on any atom is 0.0942 e. The van der Waals surface area contributed by atoms with Crippen molar-refractivity contribution in [3.05, 3.63) is 36.5 Å². The maximum absolute atomic E-state index is 9.24. The van der Waals surface area contributed by atoms with Crippen LogP contribution in [0.4, 0.5) is 5.69 Å². The van der Waals surface area contributed by atoms with E-state index in [1.807, 2.05) is 30.3 Å². The van der Waals surface area contributed by atoms with E-state index in [0.717, 1.165) is 16.9 Å². The molecule has 0 aliphatic carbocycles. The van der Waals surface area contributed by atoms with Crippen LogP contribution in [0.5, 0.6) is 0 Å². The highest BCUT2D eigenvalue weighted by atomic mass is 16.3. The van der Waals surface area contributed by atoms with Crippen molar-refractivity contribution < 1.29 is 10.2 Å². The number of aromatic amines is 1. The number of aromatic nitrogens is 2. The molecule has 1 heterocycles. The molecule has 0 spiro atoms. The zero-order valence-electron chi connectivity index (χ0n) is 9.30. The van der Waals surface area contributed by atoms with E-state index in [-0.39, 0.29) is 6.61 Å². The number of anilines is 1. The van der Waals surface area contributed by atoms with Gasteiger partial charge in [0.2, 0.25) is 0 Å². The van der Waals surface area contributed by atoms with Gasteiger partial charge >= 0.3 is 0 Å². The highest BCUT2D eigenvalue weighted by molar-refractivity contribution is 5.64. The summed E-state index contributed by atoms with van der Waals surface area (Å²) in [5.74, 6) is 0. The van der Waals surface area contributed by atoms with E-state index in [0.29, 0.717) is 6.54 Å². The van der Waals surface area contributed by atoms with Gasteiger partial charge in [-0.15, -0.1) is 0 Å². The van der Waals surface area contributed by atoms with Crippen molar-refractivity contribution in [3.8, 4) is 11.3 Å². The molecule has 0 amide bonds. The Labute approximate surface area is 99.1 Å². The molecule has 0 fully saturated rings. The summed E-state index contributed by atoms with van der Waals surface area (Å²) in [4.78, 5) is 0. The first-order valence-electron chi connectivity index (χ1n) is 5.42. The fourth-order valence-electron chi connectivity index (χ4n) is 1.51. The minimum atomic E-state index is -0.745. The highest BCUT2D eigenvalue weighted by Gasteiger charge is 2.03. The fraction of sp³-hybridized carbons (Fsp3) is 0.250. The SMILES string of the molecule is OCC(O)CNc1cccc(-c2ccn[nH]2)c1. The van der Waals surface area contributed by atoms with Crippen LogP contribution in [0.3, 0.4) is 0 Å². The van der Waals surface area contributed by atoms with Crippen LogP contribution in [0, 0.1) is 0 Å². The van der Waals surface area contributed by atoms with Crippen molar-refractivity contribution in [2.45, 2.75) is 6.10 Å². The van der Waals surface area contributed by atoms with Gasteiger partial charge in [-0.3, -0.25) is 5.10 Å². The van der Waals surface area contributed by atoms with Crippen LogP contribution in [-0.2, 0) is 0 Å². The Kier molecular flexibility index (Phi) is 3.74. The number of hydrogen-bond donors (Lipinski definition) is 4. The summed E-state index contributed by atoms with van der Waals surface area (Å²) in [5, 5.41) is 27.8. The lowest BCUT2D eigenvalue weighted by atomic mass is 10.1. The van der Waals surface area contributed by atoms with Crippen LogP contribution < -0.4 is 5.32 Å². The molecular weight excluding hydrogens is 218 g/mol. The van der Waals surface area contributed by atoms with Crippen LogP contribution in [0.1, 0.15) is 0 Å². The van der Waals surface area contributed by atoms with Crippen LogP contribution in [0.25, 0.3) is 11.3 Å². The lowest BCUT2D eigenvalue weighted by Crippen LogP contribution is -2.22. The van der Waals surface area contributed by atoms with Crippen LogP contribution in [-0.4, -0.2) is 39.7 Å². The van der Waals surface area contributed by atoms with Crippen molar-refractivity contribution in [3.63, 3.8) is 0 Å². The number of nitrogens with one attached hydrogen (secondary N) is 2. The van der Waals surface area contributed by atoms with Gasteiger partial charge < -0.3 is 15.5 Å². The summed E-state index contributed by atoms with van der Waals surface area (Å²) < 4.78 is 0. The Morgan fingerprint density at radius 3 is 2.94 bits per heavy atom. The number of H-pyrrole nitrogens is 1. The minimum absolute atomic E-state index is 0.243. The second kappa shape index (κ2) is 5.47. The Bertz CT molecular complexity index is 457. The predicted octanol–water partition coefficient (Wildman–Crippen LogP) is 0.842. The number of rotatable bonds is 5. The molecule has 17 heavy (non-hydrogen) atoms. The van der Waals surface area contributed by atoms with Gasteiger partial charge in [0, 0.05) is 24.0 Å². The van der Waals surface area contributed by atoms with Gasteiger partial charge in [-0.25, -0.2) is 0 Å². The number of benzene rings is 1. The lowest BCUT2D eigenvalue weighted by Gasteiger charge is -2.10. The van der Waals surface area contributed by atoms with Gasteiger partial charge in [-0.2, -0.15) is 5.10 Å². The molecule has 0 saturated heterocycles. The number of aliphatic hydroxyl groups excluding tert-OH is 2. The van der Waals surface area contributed by atoms with Gasteiger partial charge in [0.1, 0.15) is 0 Å². The Morgan fingerprint density at radius 1 is 1.35 bits per heavy atom. The van der Waals surface area contributed by atoms with Gasteiger partial charge in [-0.1, -0.05) is 12.1 Å². The summed E-state index contributed by atoms with van der Waals surface area (Å²) >= 11 is 0. The zero-order chi connectivity index (χ0) is 12.1. The number of nitrogens with zero attached hydrogens (tertiary/aromatic N) is 1. The van der Waals surface area contributed by atoms with Crippen molar-refractivity contribution in [1.82, 2.24) is 10.2 Å². The molecule has 2 aromatic rings. The van der Waals surface area contributed by atoms with E-state index < -0.39 is 6.10 Å². The summed E-state index contributed by atoms with van der Waals surface area (Å²) in [6.45, 7) is 0.0795. The lowest BCUT2D eigenvalue weighted by molar-refractivity contribution is 0.105. The zero-order valence-corrected chi connectivity index (χ0v) is 9.30. The number of aliphatic hydroxyl groups is 2. The van der Waals surface area contributed by atoms with Gasteiger partial charge in [0.05, 0.1) is 18.4 Å². The summed E-state index contributed by atoms with van der Waals surface area (Å²) in [5.41, 5.74) is 2.85. The fourth-order valence-corrected chi connectivity index (χ4v) is 1.51. The molecule has 0 saturated carbocycles. The molecule has 5 nitrogen and oxygen atoms in total. The van der Waals surface area contributed by atoms with E-state index in [9.17, 15) is 5.11 Å². The first-order valence-corrected chi connectivity index (χ1v) is 5.42. The third kappa shape index (κ3) is 3.05. The van der Waals surface area contributed by atoms with E-state index in [1.54, 1.807) is 6.20 Å². The van der Waals surface area contributed by atoms with Gasteiger partial charge in [0.15, 0.2) is 0 Å². The topological polar surface area (TPSA) is 81.2 Å². The molecule has 4 N–H and O–H groups in total. The third-order valence-electron chi connectivity index (χ3n) is 2.43. The minimum Gasteiger partial charge on any atom is -0.394 e. The normalized spacial score (nSPS) is 12.4. The van der Waals surface area contributed by atoms with E-state index in [2.05, 4.69) is 15.5 Å². The Balaban J connectivity index is 2.07. The standard InChI is InChI=1S/C12H15N3O2/c16-8-11(17)7-13-10-3-1-2-9(6-10)12-4-5-14-15-12/h1-6,11,13,16-17H,7-8H2,(H,14,15). The quantitative estimate of drug-likeness (QED) is 0.617. The van der Waals surface area contributed by atoms with E-state index in [4.69, 9.17) is 5.11 Å². The molecule has 1 unspecified atom stereocenters. The van der Waals surface area contributed by atoms with Crippen molar-refractivity contribution in [2.75, 3.05) is 18.5 Å². The first kappa shape index (κ1) is 11.6. The van der Waals surface area contributed by atoms with Crippen LogP contribution >= 0.6 is 0 Å². The summed E-state index contributed by atoms with van der Waals surface area (Å²) in [7, 11) is 0. The molecule has 2 rings (SSSR count).